The van der Waals surface area contributed by atoms with Crippen LogP contribution in [0.3, 0.4) is 0 Å². The summed E-state index contributed by atoms with van der Waals surface area (Å²) in [7, 11) is 0. The highest BCUT2D eigenvalue weighted by atomic mass is 16.8. The van der Waals surface area contributed by atoms with Gasteiger partial charge in [-0.2, -0.15) is 0 Å². The van der Waals surface area contributed by atoms with Crippen molar-refractivity contribution >= 4 is 18.1 Å². The van der Waals surface area contributed by atoms with Gasteiger partial charge in [0.1, 0.15) is 0 Å². The van der Waals surface area contributed by atoms with Crippen LogP contribution in [0.5, 0.6) is 0 Å². The minimum atomic E-state index is -1.14. The fraction of sp³-hybridized carbons (Fsp3) is 0.417. The summed E-state index contributed by atoms with van der Waals surface area (Å²) in [5.41, 5.74) is 0.333. The van der Waals surface area contributed by atoms with Gasteiger partial charge in [0.05, 0.1) is 0 Å². The molecule has 0 aromatic heterocycles. The average Bonchev–Trinajstić information content (AvgIpc) is 2.27. The minimum Gasteiger partial charge on any atom is -0.424 e. The molecule has 0 fully saturated rings. The molecule has 0 heterocycles. The van der Waals surface area contributed by atoms with Crippen LogP contribution in [0.4, 0.5) is 4.79 Å². The van der Waals surface area contributed by atoms with Gasteiger partial charge in [0.25, 0.3) is 0 Å². The summed E-state index contributed by atoms with van der Waals surface area (Å²) in [6, 6.07) is 0. The Morgan fingerprint density at radius 1 is 0.947 bits per heavy atom. The highest BCUT2D eigenvalue weighted by Crippen LogP contribution is 2.02. The molecule has 0 radical (unpaired) electrons. The predicted octanol–water partition coefficient (Wildman–Crippen LogP) is 1.68. The molecular weight excluding hydrogens is 256 g/mol. The van der Waals surface area contributed by atoms with Crippen LogP contribution >= 0.6 is 0 Å². The van der Waals surface area contributed by atoms with E-state index in [1.54, 1.807) is 0 Å². The molecule has 0 aliphatic carbocycles. The van der Waals surface area contributed by atoms with Gasteiger partial charge in [-0.25, -0.2) is 14.4 Å². The first-order valence-electron chi connectivity index (χ1n) is 5.26. The Morgan fingerprint density at radius 3 is 1.95 bits per heavy atom. The largest absolute Gasteiger partial charge is 0.514 e. The molecule has 1 atom stereocenters. The maximum Gasteiger partial charge on any atom is 0.514 e. The highest BCUT2D eigenvalue weighted by Gasteiger charge is 2.16. The Labute approximate surface area is 110 Å². The summed E-state index contributed by atoms with van der Waals surface area (Å²) in [4.78, 5) is 33.1. The van der Waals surface area contributed by atoms with Gasteiger partial charge in [0.15, 0.2) is 0 Å². The lowest BCUT2D eigenvalue weighted by molar-refractivity contribution is -0.166. The molecule has 0 aliphatic heterocycles. The lowest BCUT2D eigenvalue weighted by Gasteiger charge is -2.13. The van der Waals surface area contributed by atoms with E-state index in [9.17, 15) is 14.4 Å². The Morgan fingerprint density at radius 2 is 1.47 bits per heavy atom. The van der Waals surface area contributed by atoms with Gasteiger partial charge < -0.3 is 18.9 Å². The second kappa shape index (κ2) is 7.91. The predicted molar refractivity (Wildman–Crippen MR) is 63.7 cm³/mol. The smallest absolute Gasteiger partial charge is 0.424 e. The van der Waals surface area contributed by atoms with Gasteiger partial charge in [-0.05, 0) is 13.8 Å². The molecule has 0 spiro atoms. The van der Waals surface area contributed by atoms with Crippen molar-refractivity contribution in [2.75, 3.05) is 6.79 Å². The summed E-state index contributed by atoms with van der Waals surface area (Å²) < 4.78 is 18.1. The molecule has 0 saturated heterocycles. The van der Waals surface area contributed by atoms with Gasteiger partial charge in [-0.15, -0.1) is 0 Å². The van der Waals surface area contributed by atoms with Crippen molar-refractivity contribution in [1.29, 1.82) is 0 Å². The Balaban J connectivity index is 3.92. The highest BCUT2D eigenvalue weighted by molar-refractivity contribution is 5.87. The quantitative estimate of drug-likeness (QED) is 0.413. The number of hydrogen-bond donors (Lipinski definition) is 0. The topological polar surface area (TPSA) is 88.1 Å². The van der Waals surface area contributed by atoms with Gasteiger partial charge in [0, 0.05) is 18.1 Å². The first-order valence-corrected chi connectivity index (χ1v) is 5.26. The van der Waals surface area contributed by atoms with E-state index in [-0.39, 0.29) is 11.1 Å². The third kappa shape index (κ3) is 7.58. The van der Waals surface area contributed by atoms with Gasteiger partial charge in [-0.1, -0.05) is 13.2 Å². The average molecular weight is 272 g/mol. The van der Waals surface area contributed by atoms with Crippen LogP contribution in [0, 0.1) is 0 Å². The molecule has 0 N–H and O–H groups in total. The second-order valence-electron chi connectivity index (χ2n) is 3.60. The molecule has 19 heavy (non-hydrogen) atoms. The molecule has 7 heteroatoms. The van der Waals surface area contributed by atoms with Gasteiger partial charge >= 0.3 is 18.1 Å². The van der Waals surface area contributed by atoms with Crippen LogP contribution in [0.25, 0.3) is 0 Å². The summed E-state index contributed by atoms with van der Waals surface area (Å²) in [6.07, 6.45) is -2.29. The molecule has 0 aromatic carbocycles. The van der Waals surface area contributed by atoms with E-state index in [1.807, 2.05) is 0 Å². The SMILES string of the molecule is C=C(C)C(=O)OCOC(=O)OC(C)OC(=O)C(=C)C. The first-order chi connectivity index (χ1) is 8.73. The number of hydrogen-bond acceptors (Lipinski definition) is 7. The third-order valence-corrected chi connectivity index (χ3v) is 1.60. The van der Waals surface area contributed by atoms with Crippen LogP contribution in [0.15, 0.2) is 24.3 Å². The molecule has 0 amide bonds. The zero-order valence-corrected chi connectivity index (χ0v) is 11.1. The second-order valence-corrected chi connectivity index (χ2v) is 3.60. The zero-order valence-electron chi connectivity index (χ0n) is 11.1. The standard InChI is InChI=1S/C12H16O7/c1-7(2)10(13)16-6-17-12(15)19-9(5)18-11(14)8(3)4/h9H,1,3,6H2,2,4-5H3. The van der Waals surface area contributed by atoms with Gasteiger partial charge in [0.2, 0.25) is 13.1 Å². The van der Waals surface area contributed by atoms with Crippen LogP contribution in [0.2, 0.25) is 0 Å². The summed E-state index contributed by atoms with van der Waals surface area (Å²) in [5.74, 6) is -1.40. The van der Waals surface area contributed by atoms with E-state index in [1.165, 1.54) is 20.8 Å². The molecule has 0 saturated carbocycles. The first kappa shape index (κ1) is 16.7. The Kier molecular flexibility index (Phi) is 6.95. The molecule has 0 bridgehead atoms. The van der Waals surface area contributed by atoms with Crippen molar-refractivity contribution in [1.82, 2.24) is 0 Å². The van der Waals surface area contributed by atoms with Crippen LogP contribution in [-0.2, 0) is 28.5 Å². The Bertz CT molecular complexity index is 397. The molecule has 1 unspecified atom stereocenters. The number of ether oxygens (including phenoxy) is 4. The van der Waals surface area contributed by atoms with Crippen LogP contribution < -0.4 is 0 Å². The summed E-state index contributed by atoms with van der Waals surface area (Å²) in [6.45, 7) is 10.3. The zero-order chi connectivity index (χ0) is 15.0. The fourth-order valence-electron chi connectivity index (χ4n) is 0.699. The van der Waals surface area contributed by atoms with Crippen LogP contribution in [0.1, 0.15) is 20.8 Å². The molecule has 106 valence electrons. The molecule has 0 aliphatic rings. The van der Waals surface area contributed by atoms with E-state index in [0.29, 0.717) is 0 Å². The number of rotatable bonds is 6. The van der Waals surface area contributed by atoms with E-state index >= 15 is 0 Å². The maximum atomic E-state index is 11.1. The normalized spacial score (nSPS) is 10.9. The van der Waals surface area contributed by atoms with E-state index < -0.39 is 31.2 Å². The molecule has 0 rings (SSSR count). The number of esters is 2. The van der Waals surface area contributed by atoms with Crippen molar-refractivity contribution in [3.05, 3.63) is 24.3 Å². The lowest BCUT2D eigenvalue weighted by Crippen LogP contribution is -2.23. The van der Waals surface area contributed by atoms with Crippen molar-refractivity contribution < 1.29 is 33.3 Å². The van der Waals surface area contributed by atoms with E-state index in [4.69, 9.17) is 0 Å². The van der Waals surface area contributed by atoms with E-state index in [2.05, 4.69) is 32.1 Å². The molecular formula is C12H16O7. The fourth-order valence-corrected chi connectivity index (χ4v) is 0.699. The van der Waals surface area contributed by atoms with Gasteiger partial charge in [-0.3, -0.25) is 0 Å². The molecule has 0 aromatic rings. The summed E-state index contributed by atoms with van der Waals surface area (Å²) >= 11 is 0. The van der Waals surface area contributed by atoms with Crippen molar-refractivity contribution in [3.63, 3.8) is 0 Å². The van der Waals surface area contributed by atoms with Crippen LogP contribution in [-0.4, -0.2) is 31.2 Å². The maximum absolute atomic E-state index is 11.1. The monoisotopic (exact) mass is 272 g/mol. The number of carbonyl (C=O) groups excluding carboxylic acids is 3. The third-order valence-electron chi connectivity index (χ3n) is 1.60. The minimum absolute atomic E-state index is 0.166. The van der Waals surface area contributed by atoms with Crippen molar-refractivity contribution in [3.8, 4) is 0 Å². The van der Waals surface area contributed by atoms with Crippen molar-refractivity contribution in [2.45, 2.75) is 27.1 Å². The number of carbonyl (C=O) groups is 3. The summed E-state index contributed by atoms with van der Waals surface area (Å²) in [5, 5.41) is 0. The molecule has 7 nitrogen and oxygen atoms in total. The Hall–Kier alpha value is -2.31. The van der Waals surface area contributed by atoms with Crippen molar-refractivity contribution in [2.24, 2.45) is 0 Å². The van der Waals surface area contributed by atoms with E-state index in [0.717, 1.165) is 0 Å². The lowest BCUT2D eigenvalue weighted by atomic mass is 10.4.